The molecule has 1 aliphatic heterocycles. The van der Waals surface area contributed by atoms with E-state index in [1.807, 2.05) is 36.1 Å². The molecule has 8 heteroatoms. The molecule has 7 nitrogen and oxygen atoms in total. The van der Waals surface area contributed by atoms with E-state index in [1.54, 1.807) is 29.3 Å². The number of benzene rings is 1. The van der Waals surface area contributed by atoms with Gasteiger partial charge in [0.1, 0.15) is 11.5 Å². The first-order valence-corrected chi connectivity index (χ1v) is 9.93. The molecule has 1 saturated heterocycles. The molecule has 0 bridgehead atoms. The van der Waals surface area contributed by atoms with Gasteiger partial charge in [-0.25, -0.2) is 4.68 Å². The van der Waals surface area contributed by atoms with Gasteiger partial charge in [0.2, 0.25) is 0 Å². The Morgan fingerprint density at radius 2 is 2.03 bits per heavy atom. The van der Waals surface area contributed by atoms with Crippen LogP contribution in [0.15, 0.2) is 53.3 Å². The monoisotopic (exact) mass is 414 g/mol. The summed E-state index contributed by atoms with van der Waals surface area (Å²) < 4.78 is 12.8. The number of hydrogen-bond donors (Lipinski definition) is 0. The average molecular weight is 415 g/mol. The van der Waals surface area contributed by atoms with Gasteiger partial charge in [0, 0.05) is 37.4 Å². The summed E-state index contributed by atoms with van der Waals surface area (Å²) in [7, 11) is 0. The van der Waals surface area contributed by atoms with Crippen molar-refractivity contribution in [2.24, 2.45) is 0 Å². The highest BCUT2D eigenvalue weighted by molar-refractivity contribution is 6.30. The molecule has 29 heavy (non-hydrogen) atoms. The number of carbonyl (C=O) groups is 1. The second kappa shape index (κ2) is 8.71. The number of hydrogen-bond acceptors (Lipinski definition) is 5. The van der Waals surface area contributed by atoms with Crippen molar-refractivity contribution in [3.63, 3.8) is 0 Å². The van der Waals surface area contributed by atoms with E-state index in [2.05, 4.69) is 10.00 Å². The molecule has 0 spiro atoms. The average Bonchev–Trinajstić information content (AvgIpc) is 3.39. The third kappa shape index (κ3) is 4.81. The van der Waals surface area contributed by atoms with Gasteiger partial charge in [-0.3, -0.25) is 9.69 Å². The van der Waals surface area contributed by atoms with Crippen LogP contribution < -0.4 is 4.74 Å². The number of aryl methyl sites for hydroxylation is 1. The van der Waals surface area contributed by atoms with Crippen molar-refractivity contribution < 1.29 is 13.9 Å². The Balaban J connectivity index is 1.29. The standard InChI is InChI=1S/C21H23ClN4O3/c1-16-13-17(22)4-5-20(16)29-15-26-7-6-19(23-26)21(27)25-10-8-24(9-11-25)14-18-3-2-12-28-18/h2-7,12-13H,8-11,14-15H2,1H3. The summed E-state index contributed by atoms with van der Waals surface area (Å²) in [5, 5.41) is 5.05. The minimum absolute atomic E-state index is 0.0518. The Morgan fingerprint density at radius 1 is 1.21 bits per heavy atom. The molecular weight excluding hydrogens is 392 g/mol. The van der Waals surface area contributed by atoms with Crippen molar-refractivity contribution in [2.75, 3.05) is 26.2 Å². The Kier molecular flexibility index (Phi) is 5.87. The molecule has 3 heterocycles. The lowest BCUT2D eigenvalue weighted by Gasteiger charge is -2.33. The van der Waals surface area contributed by atoms with E-state index < -0.39 is 0 Å². The Labute approximate surface area is 174 Å². The molecule has 0 unspecified atom stereocenters. The van der Waals surface area contributed by atoms with Gasteiger partial charge in [0.25, 0.3) is 5.91 Å². The molecule has 0 saturated carbocycles. The van der Waals surface area contributed by atoms with Crippen molar-refractivity contribution in [1.29, 1.82) is 0 Å². The molecule has 0 N–H and O–H groups in total. The third-order valence-corrected chi connectivity index (χ3v) is 5.20. The Morgan fingerprint density at radius 3 is 2.76 bits per heavy atom. The number of ether oxygens (including phenoxy) is 1. The molecule has 1 aliphatic rings. The van der Waals surface area contributed by atoms with Crippen LogP contribution in [0.3, 0.4) is 0 Å². The summed E-state index contributed by atoms with van der Waals surface area (Å²) in [6.45, 7) is 5.90. The smallest absolute Gasteiger partial charge is 0.274 e. The van der Waals surface area contributed by atoms with Crippen molar-refractivity contribution in [3.8, 4) is 5.75 Å². The normalized spacial score (nSPS) is 14.9. The summed E-state index contributed by atoms with van der Waals surface area (Å²) in [5.41, 5.74) is 1.38. The van der Waals surface area contributed by atoms with Gasteiger partial charge in [-0.2, -0.15) is 5.10 Å². The molecule has 0 radical (unpaired) electrons. The van der Waals surface area contributed by atoms with E-state index in [0.717, 1.165) is 36.7 Å². The summed E-state index contributed by atoms with van der Waals surface area (Å²) in [5.74, 6) is 1.63. The molecule has 3 aromatic rings. The zero-order chi connectivity index (χ0) is 20.2. The zero-order valence-corrected chi connectivity index (χ0v) is 17.0. The van der Waals surface area contributed by atoms with E-state index in [9.17, 15) is 4.79 Å². The largest absolute Gasteiger partial charge is 0.471 e. The fourth-order valence-corrected chi connectivity index (χ4v) is 3.58. The minimum Gasteiger partial charge on any atom is -0.471 e. The van der Waals surface area contributed by atoms with Crippen LogP contribution >= 0.6 is 11.6 Å². The van der Waals surface area contributed by atoms with Gasteiger partial charge in [-0.15, -0.1) is 0 Å². The quantitative estimate of drug-likeness (QED) is 0.618. The number of halogens is 1. The van der Waals surface area contributed by atoms with Crippen LogP contribution in [0.1, 0.15) is 21.8 Å². The van der Waals surface area contributed by atoms with Crippen molar-refractivity contribution in [3.05, 3.63) is 70.9 Å². The van der Waals surface area contributed by atoms with Gasteiger partial charge in [-0.05, 0) is 48.9 Å². The van der Waals surface area contributed by atoms with E-state index in [1.165, 1.54) is 0 Å². The van der Waals surface area contributed by atoms with Gasteiger partial charge >= 0.3 is 0 Å². The van der Waals surface area contributed by atoms with Crippen molar-refractivity contribution in [2.45, 2.75) is 20.2 Å². The van der Waals surface area contributed by atoms with Crippen molar-refractivity contribution >= 4 is 17.5 Å². The highest BCUT2D eigenvalue weighted by atomic mass is 35.5. The van der Waals surface area contributed by atoms with Crippen LogP contribution in [0.25, 0.3) is 0 Å². The maximum Gasteiger partial charge on any atom is 0.274 e. The maximum absolute atomic E-state index is 12.8. The summed E-state index contributed by atoms with van der Waals surface area (Å²) in [6, 6.07) is 11.1. The minimum atomic E-state index is -0.0518. The van der Waals surface area contributed by atoms with Crippen LogP contribution in [-0.4, -0.2) is 51.7 Å². The van der Waals surface area contributed by atoms with Crippen LogP contribution in [0.4, 0.5) is 0 Å². The second-order valence-electron chi connectivity index (χ2n) is 7.07. The van der Waals surface area contributed by atoms with Gasteiger partial charge in [0.05, 0.1) is 12.8 Å². The SMILES string of the molecule is Cc1cc(Cl)ccc1OCn1ccc(C(=O)N2CCN(Cc3ccco3)CC2)n1. The highest BCUT2D eigenvalue weighted by Crippen LogP contribution is 2.22. The third-order valence-electron chi connectivity index (χ3n) is 4.97. The fourth-order valence-electron chi connectivity index (χ4n) is 3.35. The number of aromatic nitrogens is 2. The van der Waals surface area contributed by atoms with E-state index in [4.69, 9.17) is 20.8 Å². The Bertz CT molecular complexity index is 962. The van der Waals surface area contributed by atoms with E-state index >= 15 is 0 Å². The molecular formula is C21H23ClN4O3. The van der Waals surface area contributed by atoms with Crippen LogP contribution in [0, 0.1) is 6.92 Å². The van der Waals surface area contributed by atoms with Crippen LogP contribution in [0.5, 0.6) is 5.75 Å². The first kappa shape index (κ1) is 19.5. The first-order chi connectivity index (χ1) is 14.1. The van der Waals surface area contributed by atoms with Gasteiger partial charge < -0.3 is 14.1 Å². The predicted molar refractivity (Wildman–Crippen MR) is 109 cm³/mol. The number of carbonyl (C=O) groups excluding carboxylic acids is 1. The van der Waals surface area contributed by atoms with Gasteiger partial charge in [-0.1, -0.05) is 11.6 Å². The number of amides is 1. The lowest BCUT2D eigenvalue weighted by Crippen LogP contribution is -2.48. The molecule has 1 amide bonds. The lowest BCUT2D eigenvalue weighted by molar-refractivity contribution is 0.0612. The molecule has 2 aromatic heterocycles. The molecule has 152 valence electrons. The van der Waals surface area contributed by atoms with Gasteiger partial charge in [0.15, 0.2) is 12.4 Å². The van der Waals surface area contributed by atoms with Crippen LogP contribution in [0.2, 0.25) is 5.02 Å². The molecule has 1 aromatic carbocycles. The van der Waals surface area contributed by atoms with E-state index in [0.29, 0.717) is 23.8 Å². The zero-order valence-electron chi connectivity index (χ0n) is 16.3. The number of piperazine rings is 1. The summed E-state index contributed by atoms with van der Waals surface area (Å²) >= 11 is 5.97. The number of rotatable bonds is 6. The second-order valence-corrected chi connectivity index (χ2v) is 7.51. The highest BCUT2D eigenvalue weighted by Gasteiger charge is 2.24. The fraction of sp³-hybridized carbons (Fsp3) is 0.333. The summed E-state index contributed by atoms with van der Waals surface area (Å²) in [6.07, 6.45) is 3.44. The van der Waals surface area contributed by atoms with Crippen molar-refractivity contribution in [1.82, 2.24) is 19.6 Å². The molecule has 1 fully saturated rings. The number of furan rings is 1. The number of nitrogens with zero attached hydrogens (tertiary/aromatic N) is 4. The maximum atomic E-state index is 12.8. The molecule has 4 rings (SSSR count). The van der Waals surface area contributed by atoms with E-state index in [-0.39, 0.29) is 12.6 Å². The lowest BCUT2D eigenvalue weighted by atomic mass is 10.2. The first-order valence-electron chi connectivity index (χ1n) is 9.55. The Hall–Kier alpha value is -2.77. The summed E-state index contributed by atoms with van der Waals surface area (Å²) in [4.78, 5) is 16.9. The topological polar surface area (TPSA) is 63.7 Å². The molecule has 0 aliphatic carbocycles. The predicted octanol–water partition coefficient (Wildman–Crippen LogP) is 3.43. The molecule has 0 atom stereocenters. The van der Waals surface area contributed by atoms with Crippen LogP contribution in [-0.2, 0) is 13.3 Å².